The molecule has 4 N–H and O–H groups in total. The number of fused-ring (bicyclic) bond motifs is 1. The van der Waals surface area contributed by atoms with E-state index in [0.29, 0.717) is 32.5 Å². The Hall–Kier alpha value is -3.51. The number of para-hydroxylation sites is 1. The lowest BCUT2D eigenvalue weighted by Crippen LogP contribution is -2.37. The number of aromatic nitrogens is 5. The van der Waals surface area contributed by atoms with Crippen molar-refractivity contribution in [3.8, 4) is 11.6 Å². The minimum atomic E-state index is -1.13. The van der Waals surface area contributed by atoms with E-state index in [9.17, 15) is 4.79 Å². The van der Waals surface area contributed by atoms with Crippen LogP contribution >= 0.6 is 23.2 Å². The normalized spacial score (nSPS) is 12.0. The average Bonchev–Trinajstić information content (AvgIpc) is 3.24. The molecule has 0 aliphatic rings. The van der Waals surface area contributed by atoms with Gasteiger partial charge < -0.3 is 25.6 Å². The molecule has 0 aliphatic carbocycles. The Bertz CT molecular complexity index is 1280. The van der Waals surface area contributed by atoms with Crippen LogP contribution in [0.2, 0.25) is 10.0 Å². The van der Waals surface area contributed by atoms with Gasteiger partial charge in [-0.1, -0.05) is 29.3 Å². The maximum absolute atomic E-state index is 12.9. The molecule has 13 heteroatoms. The van der Waals surface area contributed by atoms with Crippen molar-refractivity contribution in [2.24, 2.45) is 0 Å². The summed E-state index contributed by atoms with van der Waals surface area (Å²) in [5.41, 5.74) is 6.90. The second-order valence-electron chi connectivity index (χ2n) is 6.91. The molecule has 3 aromatic heterocycles. The number of aliphatic hydroxyl groups excluding tert-OH is 1. The highest BCUT2D eigenvalue weighted by Crippen LogP contribution is 2.31. The van der Waals surface area contributed by atoms with E-state index in [4.69, 9.17) is 43.5 Å². The number of nitrogen functional groups attached to an aromatic ring is 1. The van der Waals surface area contributed by atoms with Crippen LogP contribution in [-0.4, -0.2) is 61.7 Å². The standard InChI is InChI=1S/C21H19Cl2N7O4/c22-14-2-1-3-15(23)18(14)30-19-13(9-28-30)21(27-11-26-19)34-16(10-33-7-6-31)20(32)29-17-5-4-12(24)8-25-17/h1-5,8-9,11,16,31H,6-7,10,24H2,(H,25,29,32)/t16-/m0/s1. The molecule has 3 heterocycles. The number of aliphatic hydroxyl groups is 1. The number of halogens is 2. The fourth-order valence-electron chi connectivity index (χ4n) is 3.01. The fourth-order valence-corrected chi connectivity index (χ4v) is 3.57. The Kier molecular flexibility index (Phi) is 7.38. The first-order chi connectivity index (χ1) is 16.5. The third-order valence-corrected chi connectivity index (χ3v) is 5.18. The van der Waals surface area contributed by atoms with Crippen LogP contribution in [0.25, 0.3) is 16.7 Å². The van der Waals surface area contributed by atoms with Crippen LogP contribution in [0.3, 0.4) is 0 Å². The second kappa shape index (κ2) is 10.6. The number of ether oxygens (including phenoxy) is 2. The molecule has 0 unspecified atom stereocenters. The van der Waals surface area contributed by atoms with Crippen LogP contribution in [0, 0.1) is 0 Å². The molecule has 0 aliphatic heterocycles. The maximum Gasteiger partial charge on any atom is 0.269 e. The van der Waals surface area contributed by atoms with Crippen molar-refractivity contribution in [1.82, 2.24) is 24.7 Å². The second-order valence-corrected chi connectivity index (χ2v) is 7.73. The Balaban J connectivity index is 1.63. The summed E-state index contributed by atoms with van der Waals surface area (Å²) in [5.74, 6) is -0.162. The van der Waals surface area contributed by atoms with Crippen LogP contribution < -0.4 is 15.8 Å². The van der Waals surface area contributed by atoms with E-state index in [2.05, 4.69) is 25.4 Å². The van der Waals surface area contributed by atoms with Gasteiger partial charge in [0.05, 0.1) is 47.9 Å². The van der Waals surface area contributed by atoms with E-state index >= 15 is 0 Å². The van der Waals surface area contributed by atoms with Gasteiger partial charge in [-0.3, -0.25) is 4.79 Å². The Morgan fingerprint density at radius 3 is 2.65 bits per heavy atom. The van der Waals surface area contributed by atoms with E-state index < -0.39 is 12.0 Å². The van der Waals surface area contributed by atoms with Gasteiger partial charge in [0.25, 0.3) is 5.91 Å². The van der Waals surface area contributed by atoms with Crippen LogP contribution in [0.5, 0.6) is 5.88 Å². The highest BCUT2D eigenvalue weighted by molar-refractivity contribution is 6.37. The van der Waals surface area contributed by atoms with E-state index in [1.807, 2.05) is 0 Å². The summed E-state index contributed by atoms with van der Waals surface area (Å²) >= 11 is 12.6. The monoisotopic (exact) mass is 503 g/mol. The largest absolute Gasteiger partial charge is 0.461 e. The number of rotatable bonds is 9. The first-order valence-corrected chi connectivity index (χ1v) is 10.7. The molecular formula is C21H19Cl2N7O4. The first kappa shape index (κ1) is 23.6. The van der Waals surface area contributed by atoms with Crippen molar-refractivity contribution >= 4 is 51.6 Å². The first-order valence-electron chi connectivity index (χ1n) is 9.98. The molecule has 4 rings (SSSR count). The Morgan fingerprint density at radius 1 is 1.15 bits per heavy atom. The third-order valence-electron chi connectivity index (χ3n) is 4.57. The van der Waals surface area contributed by atoms with Gasteiger partial charge in [-0.2, -0.15) is 5.10 Å². The lowest BCUT2D eigenvalue weighted by atomic mass is 10.3. The molecule has 0 spiro atoms. The third kappa shape index (κ3) is 5.18. The minimum absolute atomic E-state index is 0.0232. The number of nitrogens with zero attached hydrogens (tertiary/aromatic N) is 5. The van der Waals surface area contributed by atoms with Crippen LogP contribution in [-0.2, 0) is 9.53 Å². The van der Waals surface area contributed by atoms with Crippen molar-refractivity contribution in [3.05, 3.63) is 59.1 Å². The lowest BCUT2D eigenvalue weighted by Gasteiger charge is -2.18. The number of amides is 1. The summed E-state index contributed by atoms with van der Waals surface area (Å²) in [7, 11) is 0. The number of nitrogens with one attached hydrogen (secondary N) is 1. The quantitative estimate of drug-likeness (QED) is 0.292. The maximum atomic E-state index is 12.9. The van der Waals surface area contributed by atoms with E-state index in [1.165, 1.54) is 23.4 Å². The number of nitrogens with two attached hydrogens (primary N) is 1. The van der Waals surface area contributed by atoms with Crippen molar-refractivity contribution in [3.63, 3.8) is 0 Å². The van der Waals surface area contributed by atoms with Gasteiger partial charge >= 0.3 is 0 Å². The van der Waals surface area contributed by atoms with Crippen molar-refractivity contribution in [1.29, 1.82) is 0 Å². The minimum Gasteiger partial charge on any atom is -0.461 e. The molecule has 0 saturated heterocycles. The van der Waals surface area contributed by atoms with E-state index in [0.717, 1.165) is 0 Å². The Morgan fingerprint density at radius 2 is 1.94 bits per heavy atom. The van der Waals surface area contributed by atoms with Gasteiger partial charge in [-0.05, 0) is 24.3 Å². The number of anilines is 2. The molecule has 176 valence electrons. The molecule has 0 bridgehead atoms. The fraction of sp³-hybridized carbons (Fsp3) is 0.190. The van der Waals surface area contributed by atoms with Crippen molar-refractivity contribution in [2.45, 2.75) is 6.10 Å². The van der Waals surface area contributed by atoms with Gasteiger partial charge in [0.15, 0.2) is 5.65 Å². The predicted molar refractivity (Wildman–Crippen MR) is 126 cm³/mol. The zero-order chi connectivity index (χ0) is 24.1. The molecule has 4 aromatic rings. The summed E-state index contributed by atoms with van der Waals surface area (Å²) < 4.78 is 12.7. The number of pyridine rings is 1. The average molecular weight is 504 g/mol. The summed E-state index contributed by atoms with van der Waals surface area (Å²) in [6, 6.07) is 8.23. The Labute approximate surface area is 203 Å². The molecule has 0 fully saturated rings. The molecule has 0 saturated carbocycles. The van der Waals surface area contributed by atoms with Crippen LogP contribution in [0.1, 0.15) is 0 Å². The van der Waals surface area contributed by atoms with Crippen LogP contribution in [0.15, 0.2) is 49.1 Å². The zero-order valence-electron chi connectivity index (χ0n) is 17.6. The number of hydrogen-bond donors (Lipinski definition) is 3. The number of hydrogen-bond acceptors (Lipinski definition) is 9. The molecular weight excluding hydrogens is 485 g/mol. The topological polar surface area (TPSA) is 150 Å². The molecule has 1 atom stereocenters. The highest BCUT2D eigenvalue weighted by atomic mass is 35.5. The van der Waals surface area contributed by atoms with E-state index in [-0.39, 0.29) is 31.5 Å². The number of carbonyl (C=O) groups is 1. The van der Waals surface area contributed by atoms with Gasteiger partial charge in [0.1, 0.15) is 23.2 Å². The summed E-state index contributed by atoms with van der Waals surface area (Å²) in [6.45, 7) is -0.344. The summed E-state index contributed by atoms with van der Waals surface area (Å²) in [6.07, 6.45) is 3.04. The van der Waals surface area contributed by atoms with Gasteiger partial charge in [-0.15, -0.1) is 0 Å². The lowest BCUT2D eigenvalue weighted by molar-refractivity contribution is -0.125. The molecule has 1 aromatic carbocycles. The van der Waals surface area contributed by atoms with Crippen LogP contribution in [0.4, 0.5) is 11.5 Å². The summed E-state index contributed by atoms with van der Waals surface area (Å²) in [4.78, 5) is 25.4. The molecule has 11 nitrogen and oxygen atoms in total. The van der Waals surface area contributed by atoms with E-state index in [1.54, 1.807) is 30.3 Å². The molecule has 34 heavy (non-hydrogen) atoms. The van der Waals surface area contributed by atoms with Gasteiger partial charge in [0, 0.05) is 0 Å². The molecule has 1 amide bonds. The van der Waals surface area contributed by atoms with Crippen molar-refractivity contribution < 1.29 is 19.4 Å². The van der Waals surface area contributed by atoms with Gasteiger partial charge in [-0.25, -0.2) is 19.6 Å². The zero-order valence-corrected chi connectivity index (χ0v) is 19.1. The SMILES string of the molecule is Nc1ccc(NC(=O)[C@H](COCCO)Oc2ncnc3c2cnn3-c2c(Cl)cccc2Cl)nc1. The number of carbonyl (C=O) groups excluding carboxylic acids is 1. The predicted octanol–water partition coefficient (Wildman–Crippen LogP) is 2.49. The number of benzene rings is 1. The summed E-state index contributed by atoms with van der Waals surface area (Å²) in [5, 5.41) is 17.2. The highest BCUT2D eigenvalue weighted by Gasteiger charge is 2.25. The molecule has 0 radical (unpaired) electrons. The van der Waals surface area contributed by atoms with Gasteiger partial charge in [0.2, 0.25) is 12.0 Å². The smallest absolute Gasteiger partial charge is 0.269 e. The van der Waals surface area contributed by atoms with Crippen molar-refractivity contribution in [2.75, 3.05) is 30.9 Å².